The second kappa shape index (κ2) is 4.21. The van der Waals surface area contributed by atoms with E-state index in [4.69, 9.17) is 0 Å². The van der Waals surface area contributed by atoms with Gasteiger partial charge in [0.25, 0.3) is 0 Å². The average Bonchev–Trinajstić information content (AvgIpc) is 2.53. The van der Waals surface area contributed by atoms with Crippen LogP contribution in [0.25, 0.3) is 10.1 Å². The van der Waals surface area contributed by atoms with Gasteiger partial charge in [0.05, 0.1) is 10.4 Å². The molecule has 64 valence electrons. The van der Waals surface area contributed by atoms with Gasteiger partial charge in [-0.1, -0.05) is 32.0 Å². The molecule has 0 bridgehead atoms. The zero-order valence-electron chi connectivity index (χ0n) is 7.66. The summed E-state index contributed by atoms with van der Waals surface area (Å²) in [6, 6.07) is 8.29. The van der Waals surface area contributed by atoms with Crippen LogP contribution < -0.4 is 0 Å². The van der Waals surface area contributed by atoms with Gasteiger partial charge in [-0.15, -0.1) is 0 Å². The van der Waals surface area contributed by atoms with E-state index in [1.54, 1.807) is 11.5 Å². The maximum Gasteiger partial charge on any atom is 0.0589 e. The van der Waals surface area contributed by atoms with Crippen molar-refractivity contribution in [3.63, 3.8) is 0 Å². The van der Waals surface area contributed by atoms with Gasteiger partial charge in [0.2, 0.25) is 0 Å². The van der Waals surface area contributed by atoms with E-state index in [2.05, 4.69) is 16.5 Å². The van der Waals surface area contributed by atoms with Gasteiger partial charge in [0, 0.05) is 5.39 Å². The highest BCUT2D eigenvalue weighted by molar-refractivity contribution is 7.13. The number of aromatic nitrogens is 1. The molecule has 2 aromatic rings. The van der Waals surface area contributed by atoms with Gasteiger partial charge in [0.1, 0.15) is 0 Å². The molecule has 0 unspecified atom stereocenters. The summed E-state index contributed by atoms with van der Waals surface area (Å²) in [5, 5.41) is 1.28. The normalized spacial score (nSPS) is 9.25. The number of benzene rings is 1. The molecule has 0 radical (unpaired) electrons. The Morgan fingerprint density at radius 2 is 1.83 bits per heavy atom. The Morgan fingerprint density at radius 3 is 2.50 bits per heavy atom. The molecule has 0 saturated carbocycles. The summed E-state index contributed by atoms with van der Waals surface area (Å²) in [7, 11) is 0. The molecule has 0 aliphatic rings. The number of hydrogen-bond donors (Lipinski definition) is 0. The summed E-state index contributed by atoms with van der Waals surface area (Å²) < 4.78 is 5.52. The van der Waals surface area contributed by atoms with E-state index in [0.29, 0.717) is 0 Å². The van der Waals surface area contributed by atoms with Crippen LogP contribution in [-0.4, -0.2) is 4.37 Å². The molecule has 2 rings (SSSR count). The molecule has 1 heterocycles. The lowest BCUT2D eigenvalue weighted by Gasteiger charge is -1.84. The predicted octanol–water partition coefficient (Wildman–Crippen LogP) is 3.63. The fourth-order valence-electron chi connectivity index (χ4n) is 1.01. The number of rotatable bonds is 0. The Bertz CT molecular complexity index is 351. The lowest BCUT2D eigenvalue weighted by Crippen LogP contribution is -1.66. The predicted molar refractivity (Wildman–Crippen MR) is 55.7 cm³/mol. The highest BCUT2D eigenvalue weighted by atomic mass is 32.1. The van der Waals surface area contributed by atoms with Crippen molar-refractivity contribution in [2.75, 3.05) is 0 Å². The Kier molecular flexibility index (Phi) is 3.23. The first-order chi connectivity index (χ1) is 5.88. The van der Waals surface area contributed by atoms with Crippen molar-refractivity contribution in [2.45, 2.75) is 20.8 Å². The minimum Gasteiger partial charge on any atom is -0.197 e. The van der Waals surface area contributed by atoms with Crippen molar-refractivity contribution < 1.29 is 0 Å². The maximum atomic E-state index is 4.24. The second-order valence-electron chi connectivity index (χ2n) is 2.26. The van der Waals surface area contributed by atoms with Gasteiger partial charge in [0.15, 0.2) is 0 Å². The third kappa shape index (κ3) is 1.64. The smallest absolute Gasteiger partial charge is 0.0589 e. The first kappa shape index (κ1) is 9.20. The number of hydrogen-bond acceptors (Lipinski definition) is 2. The zero-order valence-corrected chi connectivity index (χ0v) is 8.48. The standard InChI is InChI=1S/C8H7NS.C2H6/c1-6-7-4-2-3-5-8(7)10-9-6;1-2/h2-5H,1H3;1-2H3. The van der Waals surface area contributed by atoms with Crippen LogP contribution in [0.1, 0.15) is 19.5 Å². The van der Waals surface area contributed by atoms with Crippen LogP contribution in [0.15, 0.2) is 24.3 Å². The average molecular weight is 179 g/mol. The molecule has 1 nitrogen and oxygen atoms in total. The van der Waals surface area contributed by atoms with Crippen LogP contribution in [0.4, 0.5) is 0 Å². The van der Waals surface area contributed by atoms with E-state index in [-0.39, 0.29) is 0 Å². The summed E-state index contributed by atoms with van der Waals surface area (Å²) in [6.07, 6.45) is 0. The first-order valence-electron chi connectivity index (χ1n) is 4.19. The highest BCUT2D eigenvalue weighted by Gasteiger charge is 1.97. The van der Waals surface area contributed by atoms with Crippen molar-refractivity contribution in [2.24, 2.45) is 0 Å². The SMILES string of the molecule is CC.Cc1nsc2ccccc12. The van der Waals surface area contributed by atoms with Crippen LogP contribution in [0.3, 0.4) is 0 Å². The van der Waals surface area contributed by atoms with Crippen LogP contribution in [0.5, 0.6) is 0 Å². The molecular formula is C10H13NS. The highest BCUT2D eigenvalue weighted by Crippen LogP contribution is 2.20. The third-order valence-corrected chi connectivity index (χ3v) is 2.48. The largest absolute Gasteiger partial charge is 0.197 e. The summed E-state index contributed by atoms with van der Waals surface area (Å²) >= 11 is 1.56. The van der Waals surface area contributed by atoms with E-state index < -0.39 is 0 Å². The van der Waals surface area contributed by atoms with Gasteiger partial charge >= 0.3 is 0 Å². The first-order valence-corrected chi connectivity index (χ1v) is 4.96. The summed E-state index contributed by atoms with van der Waals surface area (Å²) in [4.78, 5) is 0. The summed E-state index contributed by atoms with van der Waals surface area (Å²) in [5.41, 5.74) is 1.14. The third-order valence-electron chi connectivity index (χ3n) is 1.56. The molecule has 0 fully saturated rings. The van der Waals surface area contributed by atoms with Crippen LogP contribution in [0, 0.1) is 6.92 Å². The maximum absolute atomic E-state index is 4.24. The molecule has 0 aliphatic carbocycles. The van der Waals surface area contributed by atoms with E-state index in [9.17, 15) is 0 Å². The monoisotopic (exact) mass is 179 g/mol. The molecule has 2 heteroatoms. The molecular weight excluding hydrogens is 166 g/mol. The number of nitrogens with zero attached hydrogens (tertiary/aromatic N) is 1. The molecule has 0 atom stereocenters. The van der Waals surface area contributed by atoms with Crippen molar-refractivity contribution >= 4 is 21.6 Å². The van der Waals surface area contributed by atoms with E-state index in [0.717, 1.165) is 5.69 Å². The lowest BCUT2D eigenvalue weighted by molar-refractivity contribution is 1.37. The quantitative estimate of drug-likeness (QED) is 0.601. The fourth-order valence-corrected chi connectivity index (χ4v) is 1.80. The van der Waals surface area contributed by atoms with Crippen molar-refractivity contribution in [3.8, 4) is 0 Å². The van der Waals surface area contributed by atoms with Gasteiger partial charge in [-0.05, 0) is 24.5 Å². The topological polar surface area (TPSA) is 12.9 Å². The van der Waals surface area contributed by atoms with Crippen LogP contribution in [-0.2, 0) is 0 Å². The van der Waals surface area contributed by atoms with E-state index in [1.165, 1.54) is 10.1 Å². The van der Waals surface area contributed by atoms with Gasteiger partial charge in [-0.25, -0.2) is 0 Å². The minimum atomic E-state index is 1.14. The molecule has 12 heavy (non-hydrogen) atoms. The number of aryl methyl sites for hydroxylation is 1. The Morgan fingerprint density at radius 1 is 1.17 bits per heavy atom. The fraction of sp³-hybridized carbons (Fsp3) is 0.300. The lowest BCUT2D eigenvalue weighted by atomic mass is 10.2. The van der Waals surface area contributed by atoms with Gasteiger partial charge in [-0.3, -0.25) is 0 Å². The number of fused-ring (bicyclic) bond motifs is 1. The molecule has 0 N–H and O–H groups in total. The molecule has 0 aliphatic heterocycles. The molecule has 0 amide bonds. The van der Waals surface area contributed by atoms with Crippen molar-refractivity contribution in [1.82, 2.24) is 4.37 Å². The van der Waals surface area contributed by atoms with Crippen molar-refractivity contribution in [1.29, 1.82) is 0 Å². The van der Waals surface area contributed by atoms with Gasteiger partial charge < -0.3 is 0 Å². The minimum absolute atomic E-state index is 1.14. The Labute approximate surface area is 77.2 Å². The van der Waals surface area contributed by atoms with E-state index >= 15 is 0 Å². The van der Waals surface area contributed by atoms with Crippen molar-refractivity contribution in [3.05, 3.63) is 30.0 Å². The molecule has 0 saturated heterocycles. The molecule has 1 aromatic carbocycles. The second-order valence-corrected chi connectivity index (χ2v) is 3.07. The molecule has 0 spiro atoms. The summed E-state index contributed by atoms with van der Waals surface area (Å²) in [5.74, 6) is 0. The Balaban J connectivity index is 0.000000336. The van der Waals surface area contributed by atoms with Gasteiger partial charge in [-0.2, -0.15) is 4.37 Å². The summed E-state index contributed by atoms with van der Waals surface area (Å²) in [6.45, 7) is 6.04. The molecule has 1 aromatic heterocycles. The Hall–Kier alpha value is -0.890. The van der Waals surface area contributed by atoms with E-state index in [1.807, 2.05) is 32.9 Å². The van der Waals surface area contributed by atoms with Crippen LogP contribution >= 0.6 is 11.5 Å². The van der Waals surface area contributed by atoms with Crippen LogP contribution in [0.2, 0.25) is 0 Å². The zero-order chi connectivity index (χ0) is 8.97.